The molecule has 0 aliphatic heterocycles. The summed E-state index contributed by atoms with van der Waals surface area (Å²) in [7, 11) is 0. The normalized spacial score (nSPS) is 11.1. The van der Waals surface area contributed by atoms with Crippen molar-refractivity contribution < 1.29 is 19.1 Å². The highest BCUT2D eigenvalue weighted by Crippen LogP contribution is 2.17. The first-order valence-corrected chi connectivity index (χ1v) is 11.7. The largest absolute Gasteiger partial charge is 0.490 e. The number of aryl methyl sites for hydroxylation is 1. The number of para-hydroxylation sites is 1. The molecule has 2 amide bonds. The van der Waals surface area contributed by atoms with Gasteiger partial charge in [0.2, 0.25) is 0 Å². The number of rotatable bonds is 11. The van der Waals surface area contributed by atoms with Crippen LogP contribution in [0.1, 0.15) is 35.3 Å². The SMILES string of the molecule is Cc1ccccc1OCCOc1ccc(C=C(NC(=O)c2ccccc2)C(=O)NCC(C)C)cc1. The van der Waals surface area contributed by atoms with E-state index in [0.717, 1.165) is 16.9 Å². The fourth-order valence-corrected chi connectivity index (χ4v) is 3.19. The molecule has 3 aromatic rings. The van der Waals surface area contributed by atoms with Gasteiger partial charge in [-0.2, -0.15) is 0 Å². The number of nitrogens with one attached hydrogen (secondary N) is 2. The number of hydrogen-bond donors (Lipinski definition) is 2. The molecule has 2 N–H and O–H groups in total. The Labute approximate surface area is 207 Å². The van der Waals surface area contributed by atoms with Gasteiger partial charge >= 0.3 is 0 Å². The Morgan fingerprint density at radius 1 is 0.857 bits per heavy atom. The molecule has 0 atom stereocenters. The monoisotopic (exact) mass is 472 g/mol. The van der Waals surface area contributed by atoms with E-state index < -0.39 is 0 Å². The third kappa shape index (κ3) is 8.34. The van der Waals surface area contributed by atoms with Crippen molar-refractivity contribution in [3.8, 4) is 11.5 Å². The van der Waals surface area contributed by atoms with E-state index >= 15 is 0 Å². The van der Waals surface area contributed by atoms with Crippen molar-refractivity contribution in [1.82, 2.24) is 10.6 Å². The number of hydrogen-bond acceptors (Lipinski definition) is 4. The Hall–Kier alpha value is -4.06. The minimum absolute atomic E-state index is 0.180. The van der Waals surface area contributed by atoms with Crippen LogP contribution in [0.2, 0.25) is 0 Å². The van der Waals surface area contributed by atoms with Gasteiger partial charge in [0.25, 0.3) is 11.8 Å². The number of amides is 2. The first-order chi connectivity index (χ1) is 16.9. The first-order valence-electron chi connectivity index (χ1n) is 11.7. The summed E-state index contributed by atoms with van der Waals surface area (Å²) in [5.41, 5.74) is 2.50. The smallest absolute Gasteiger partial charge is 0.267 e. The van der Waals surface area contributed by atoms with Crippen LogP contribution >= 0.6 is 0 Å². The first kappa shape index (κ1) is 25.6. The Kier molecular flexibility index (Phi) is 9.49. The zero-order valence-corrected chi connectivity index (χ0v) is 20.4. The molecule has 0 aromatic heterocycles. The molecule has 0 saturated heterocycles. The van der Waals surface area contributed by atoms with E-state index in [2.05, 4.69) is 10.6 Å². The average molecular weight is 473 g/mol. The van der Waals surface area contributed by atoms with Crippen LogP contribution in [0.15, 0.2) is 84.6 Å². The van der Waals surface area contributed by atoms with E-state index in [1.807, 2.05) is 75.4 Å². The molecule has 35 heavy (non-hydrogen) atoms. The van der Waals surface area contributed by atoms with Gasteiger partial charge in [0.15, 0.2) is 0 Å². The minimum Gasteiger partial charge on any atom is -0.490 e. The molecular weight excluding hydrogens is 440 g/mol. The van der Waals surface area contributed by atoms with Gasteiger partial charge in [-0.3, -0.25) is 9.59 Å². The standard InChI is InChI=1S/C29H32N2O4/c1-21(2)20-30-29(33)26(31-28(32)24-10-5-4-6-11-24)19-23-13-15-25(16-14-23)34-17-18-35-27-12-8-7-9-22(27)3/h4-16,19,21H,17-18,20H2,1-3H3,(H,30,33)(H,31,32). The van der Waals surface area contributed by atoms with E-state index in [9.17, 15) is 9.59 Å². The minimum atomic E-state index is -0.342. The van der Waals surface area contributed by atoms with Crippen molar-refractivity contribution in [3.63, 3.8) is 0 Å². The highest BCUT2D eigenvalue weighted by molar-refractivity contribution is 6.05. The molecule has 0 saturated carbocycles. The highest BCUT2D eigenvalue weighted by atomic mass is 16.5. The van der Waals surface area contributed by atoms with Gasteiger partial charge in [0, 0.05) is 12.1 Å². The highest BCUT2D eigenvalue weighted by Gasteiger charge is 2.15. The van der Waals surface area contributed by atoms with Crippen molar-refractivity contribution in [2.45, 2.75) is 20.8 Å². The fraction of sp³-hybridized carbons (Fsp3) is 0.241. The van der Waals surface area contributed by atoms with Gasteiger partial charge in [0.05, 0.1) is 0 Å². The molecule has 0 aliphatic carbocycles. The third-order valence-electron chi connectivity index (χ3n) is 5.09. The Bertz CT molecular complexity index is 1140. The van der Waals surface area contributed by atoms with Gasteiger partial charge < -0.3 is 20.1 Å². The van der Waals surface area contributed by atoms with Crippen LogP contribution < -0.4 is 20.1 Å². The Balaban J connectivity index is 1.63. The molecule has 3 rings (SSSR count). The van der Waals surface area contributed by atoms with E-state index in [1.54, 1.807) is 30.3 Å². The van der Waals surface area contributed by atoms with Gasteiger partial charge in [-0.25, -0.2) is 0 Å². The molecular formula is C29H32N2O4. The molecule has 0 aliphatic rings. The summed E-state index contributed by atoms with van der Waals surface area (Å²) in [6.45, 7) is 7.36. The second-order valence-electron chi connectivity index (χ2n) is 8.51. The van der Waals surface area contributed by atoms with Crippen molar-refractivity contribution in [1.29, 1.82) is 0 Å². The van der Waals surface area contributed by atoms with Crippen LogP contribution in [0.25, 0.3) is 6.08 Å². The molecule has 0 radical (unpaired) electrons. The Morgan fingerprint density at radius 2 is 1.51 bits per heavy atom. The number of carbonyl (C=O) groups excluding carboxylic acids is 2. The second kappa shape index (κ2) is 13.0. The molecule has 0 bridgehead atoms. The summed E-state index contributed by atoms with van der Waals surface area (Å²) in [5, 5.41) is 5.61. The lowest BCUT2D eigenvalue weighted by Gasteiger charge is -2.13. The predicted molar refractivity (Wildman–Crippen MR) is 138 cm³/mol. The van der Waals surface area contributed by atoms with Crippen molar-refractivity contribution in [2.24, 2.45) is 5.92 Å². The van der Waals surface area contributed by atoms with E-state index in [4.69, 9.17) is 9.47 Å². The quantitative estimate of drug-likeness (QED) is 0.304. The lowest BCUT2D eigenvalue weighted by Crippen LogP contribution is -2.36. The van der Waals surface area contributed by atoms with Crippen LogP contribution in [0.5, 0.6) is 11.5 Å². The molecule has 182 valence electrons. The molecule has 3 aromatic carbocycles. The molecule has 6 heteroatoms. The molecule has 6 nitrogen and oxygen atoms in total. The third-order valence-corrected chi connectivity index (χ3v) is 5.09. The van der Waals surface area contributed by atoms with Crippen molar-refractivity contribution in [3.05, 3.63) is 101 Å². The predicted octanol–water partition coefficient (Wildman–Crippen LogP) is 5.00. The lowest BCUT2D eigenvalue weighted by molar-refractivity contribution is -0.117. The Morgan fingerprint density at radius 3 is 2.20 bits per heavy atom. The zero-order valence-electron chi connectivity index (χ0n) is 20.4. The van der Waals surface area contributed by atoms with Gasteiger partial charge in [0.1, 0.15) is 30.4 Å². The second-order valence-corrected chi connectivity index (χ2v) is 8.51. The van der Waals surface area contributed by atoms with Crippen LogP contribution in [0, 0.1) is 12.8 Å². The number of ether oxygens (including phenoxy) is 2. The average Bonchev–Trinajstić information content (AvgIpc) is 2.87. The number of benzene rings is 3. The molecule has 0 heterocycles. The summed E-state index contributed by atoms with van der Waals surface area (Å²) in [5.74, 6) is 1.14. The van der Waals surface area contributed by atoms with Crippen LogP contribution in [-0.2, 0) is 4.79 Å². The summed E-state index contributed by atoms with van der Waals surface area (Å²) >= 11 is 0. The fourth-order valence-electron chi connectivity index (χ4n) is 3.19. The van der Waals surface area contributed by atoms with Crippen LogP contribution in [-0.4, -0.2) is 31.6 Å². The summed E-state index contributed by atoms with van der Waals surface area (Å²) in [6, 6.07) is 24.0. The van der Waals surface area contributed by atoms with Crippen LogP contribution in [0.4, 0.5) is 0 Å². The summed E-state index contributed by atoms with van der Waals surface area (Å²) < 4.78 is 11.5. The van der Waals surface area contributed by atoms with Gasteiger partial charge in [-0.1, -0.05) is 62.4 Å². The summed E-state index contributed by atoms with van der Waals surface area (Å²) in [4.78, 5) is 25.4. The maximum atomic E-state index is 12.8. The van der Waals surface area contributed by atoms with Gasteiger partial charge in [-0.05, 0) is 60.4 Å². The molecule has 0 unspecified atom stereocenters. The number of carbonyl (C=O) groups is 2. The topological polar surface area (TPSA) is 76.7 Å². The maximum Gasteiger partial charge on any atom is 0.267 e. The zero-order chi connectivity index (χ0) is 25.0. The van der Waals surface area contributed by atoms with Gasteiger partial charge in [-0.15, -0.1) is 0 Å². The van der Waals surface area contributed by atoms with E-state index in [0.29, 0.717) is 31.1 Å². The van der Waals surface area contributed by atoms with Crippen LogP contribution in [0.3, 0.4) is 0 Å². The summed E-state index contributed by atoms with van der Waals surface area (Å²) in [6.07, 6.45) is 1.65. The van der Waals surface area contributed by atoms with E-state index in [-0.39, 0.29) is 23.4 Å². The lowest BCUT2D eigenvalue weighted by atomic mass is 10.1. The molecule has 0 spiro atoms. The van der Waals surface area contributed by atoms with E-state index in [1.165, 1.54) is 0 Å². The van der Waals surface area contributed by atoms with Crippen molar-refractivity contribution in [2.75, 3.05) is 19.8 Å². The van der Waals surface area contributed by atoms with Crippen molar-refractivity contribution >= 4 is 17.9 Å². The maximum absolute atomic E-state index is 12.8. The molecule has 0 fully saturated rings.